The molecule has 0 heterocycles. The number of ether oxygens (including phenoxy) is 1. The van der Waals surface area contributed by atoms with Crippen molar-refractivity contribution in [1.29, 1.82) is 0 Å². The fraction of sp³-hybridized carbons (Fsp3) is 0.435. The predicted octanol–water partition coefficient (Wildman–Crippen LogP) is 4.09. The second kappa shape index (κ2) is 8.78. The maximum absolute atomic E-state index is 12.4. The molecule has 164 valence electrons. The lowest BCUT2D eigenvalue weighted by Gasteiger charge is -2.27. The molecule has 3 N–H and O–H groups in total. The van der Waals surface area contributed by atoms with Crippen LogP contribution in [-0.4, -0.2) is 20.9 Å². The minimum Gasteiger partial charge on any atom is -0.483 e. The van der Waals surface area contributed by atoms with E-state index in [0.29, 0.717) is 17.0 Å². The first-order valence-electron chi connectivity index (χ1n) is 9.82. The summed E-state index contributed by atoms with van der Waals surface area (Å²) in [5, 5.41) is 7.81. The number of benzene rings is 2. The first-order chi connectivity index (χ1) is 13.6. The van der Waals surface area contributed by atoms with E-state index >= 15 is 0 Å². The van der Waals surface area contributed by atoms with Gasteiger partial charge in [-0.1, -0.05) is 65.8 Å². The summed E-state index contributed by atoms with van der Waals surface area (Å²) >= 11 is 0. The van der Waals surface area contributed by atoms with Gasteiger partial charge in [-0.15, -0.1) is 0 Å². The van der Waals surface area contributed by atoms with Crippen molar-refractivity contribution in [3.8, 4) is 5.75 Å². The van der Waals surface area contributed by atoms with E-state index in [1.165, 1.54) is 5.56 Å². The summed E-state index contributed by atoms with van der Waals surface area (Å²) in [5.74, 6) is 0.0542. The van der Waals surface area contributed by atoms with Crippen molar-refractivity contribution < 1.29 is 17.9 Å². The van der Waals surface area contributed by atoms with Gasteiger partial charge in [-0.3, -0.25) is 4.79 Å². The van der Waals surface area contributed by atoms with Crippen LogP contribution in [0.5, 0.6) is 5.75 Å². The smallest absolute Gasteiger partial charge is 0.262 e. The van der Waals surface area contributed by atoms with E-state index in [1.807, 2.05) is 12.1 Å². The summed E-state index contributed by atoms with van der Waals surface area (Å²) in [6.45, 7) is 12.7. The lowest BCUT2D eigenvalue weighted by Crippen LogP contribution is -2.23. The largest absolute Gasteiger partial charge is 0.483 e. The normalized spacial score (nSPS) is 12.5. The third-order valence-electron chi connectivity index (χ3n) is 4.59. The topological polar surface area (TPSA) is 98.5 Å². The second-order valence-electron chi connectivity index (χ2n) is 9.56. The van der Waals surface area contributed by atoms with Crippen LogP contribution in [-0.2, 0) is 31.4 Å². The highest BCUT2D eigenvalue weighted by atomic mass is 32.2. The Labute approximate surface area is 179 Å². The first kappa shape index (κ1) is 23.9. The fourth-order valence-electron chi connectivity index (χ4n) is 3.02. The van der Waals surface area contributed by atoms with Crippen LogP contribution in [0.4, 0.5) is 5.69 Å². The molecule has 2 aromatic rings. The number of anilines is 1. The fourth-order valence-corrected chi connectivity index (χ4v) is 3.66. The van der Waals surface area contributed by atoms with E-state index in [9.17, 15) is 13.2 Å². The Bertz CT molecular complexity index is 1020. The average Bonchev–Trinajstić information content (AvgIpc) is 2.57. The molecule has 0 aliphatic heterocycles. The quantitative estimate of drug-likeness (QED) is 0.718. The molecule has 30 heavy (non-hydrogen) atoms. The number of nitrogens with one attached hydrogen (secondary N) is 1. The zero-order chi connectivity index (χ0) is 22.7. The molecule has 0 aromatic heterocycles. The maximum Gasteiger partial charge on any atom is 0.262 e. The van der Waals surface area contributed by atoms with Crippen molar-refractivity contribution >= 4 is 21.6 Å². The number of primary sulfonamides is 1. The molecule has 0 saturated heterocycles. The minimum absolute atomic E-state index is 0.0118. The number of carbonyl (C=O) groups is 1. The van der Waals surface area contributed by atoms with Crippen molar-refractivity contribution in [1.82, 2.24) is 0 Å². The number of carbonyl (C=O) groups excluding carboxylic acids is 1. The summed E-state index contributed by atoms with van der Waals surface area (Å²) in [5.41, 5.74) is 3.11. The third kappa shape index (κ3) is 7.15. The van der Waals surface area contributed by atoms with Gasteiger partial charge in [0.05, 0.1) is 5.75 Å². The number of nitrogens with two attached hydrogens (primary N) is 1. The number of hydrogen-bond acceptors (Lipinski definition) is 4. The highest BCUT2D eigenvalue weighted by Gasteiger charge is 2.23. The Morgan fingerprint density at radius 2 is 1.67 bits per heavy atom. The summed E-state index contributed by atoms with van der Waals surface area (Å²) in [7, 11) is -3.64. The molecule has 0 unspecified atom stereocenters. The molecular weight excluding hydrogens is 400 g/mol. The Morgan fingerprint density at radius 1 is 1.00 bits per heavy atom. The number of rotatable bonds is 6. The average molecular weight is 433 g/mol. The van der Waals surface area contributed by atoms with Gasteiger partial charge in [0.2, 0.25) is 10.0 Å². The minimum atomic E-state index is -3.64. The van der Waals surface area contributed by atoms with Crippen molar-refractivity contribution in [3.63, 3.8) is 0 Å². The molecule has 0 saturated carbocycles. The monoisotopic (exact) mass is 432 g/mol. The van der Waals surface area contributed by atoms with E-state index in [-0.39, 0.29) is 29.1 Å². The van der Waals surface area contributed by atoms with Crippen LogP contribution in [0.3, 0.4) is 0 Å². The molecule has 0 aliphatic rings. The Hall–Kier alpha value is -2.38. The number of amides is 1. The van der Waals surface area contributed by atoms with E-state index in [1.54, 1.807) is 24.3 Å². The lowest BCUT2D eigenvalue weighted by molar-refractivity contribution is -0.118. The van der Waals surface area contributed by atoms with E-state index < -0.39 is 10.0 Å². The zero-order valence-corrected chi connectivity index (χ0v) is 19.4. The van der Waals surface area contributed by atoms with Crippen LogP contribution in [0.1, 0.15) is 58.2 Å². The van der Waals surface area contributed by atoms with Gasteiger partial charge in [0.25, 0.3) is 5.91 Å². The molecule has 0 bridgehead atoms. The van der Waals surface area contributed by atoms with Gasteiger partial charge in [-0.05, 0) is 45.7 Å². The first-order valence-corrected chi connectivity index (χ1v) is 11.5. The molecule has 0 spiro atoms. The van der Waals surface area contributed by atoms with Gasteiger partial charge in [0, 0.05) is 5.69 Å². The maximum atomic E-state index is 12.4. The molecule has 0 fully saturated rings. The lowest BCUT2D eigenvalue weighted by atomic mass is 9.80. The van der Waals surface area contributed by atoms with Gasteiger partial charge in [0.15, 0.2) is 6.61 Å². The van der Waals surface area contributed by atoms with Crippen LogP contribution in [0.15, 0.2) is 42.5 Å². The Balaban J connectivity index is 2.12. The van der Waals surface area contributed by atoms with E-state index in [0.717, 1.165) is 5.56 Å². The van der Waals surface area contributed by atoms with Crippen LogP contribution >= 0.6 is 0 Å². The summed E-state index contributed by atoms with van der Waals surface area (Å²) < 4.78 is 28.4. The molecule has 1 amide bonds. The van der Waals surface area contributed by atoms with Crippen molar-refractivity contribution in [3.05, 3.63) is 59.2 Å². The van der Waals surface area contributed by atoms with Gasteiger partial charge in [-0.2, -0.15) is 0 Å². The van der Waals surface area contributed by atoms with E-state index in [4.69, 9.17) is 9.88 Å². The number of hydrogen-bond donors (Lipinski definition) is 2. The molecular formula is C23H32N2O4S. The van der Waals surface area contributed by atoms with Gasteiger partial charge in [0.1, 0.15) is 5.75 Å². The third-order valence-corrected chi connectivity index (χ3v) is 5.33. The molecule has 7 heteroatoms. The standard InChI is InChI=1S/C23H32N2O4S/c1-22(2,3)17-10-11-20(19(13-17)23(4,5)6)29-14-21(26)25-18-9-7-8-16(12-18)15-30(24,27)28/h7-13H,14-15H2,1-6H3,(H,25,26)(H2,24,27,28). The van der Waals surface area contributed by atoms with Crippen molar-refractivity contribution in [2.45, 2.75) is 58.1 Å². The zero-order valence-electron chi connectivity index (χ0n) is 18.6. The SMILES string of the molecule is CC(C)(C)c1ccc(OCC(=O)Nc2cccc(CS(N)(=O)=O)c2)c(C(C)(C)C)c1. The second-order valence-corrected chi connectivity index (χ2v) is 11.2. The van der Waals surface area contributed by atoms with Crippen molar-refractivity contribution in [2.75, 3.05) is 11.9 Å². The Kier molecular flexibility index (Phi) is 6.99. The summed E-state index contributed by atoms with van der Waals surface area (Å²) in [6.07, 6.45) is 0. The van der Waals surface area contributed by atoms with Gasteiger partial charge in [-0.25, -0.2) is 13.6 Å². The highest BCUT2D eigenvalue weighted by Crippen LogP contribution is 2.35. The van der Waals surface area contributed by atoms with Crippen LogP contribution < -0.4 is 15.2 Å². The molecule has 0 radical (unpaired) electrons. The Morgan fingerprint density at radius 3 is 2.23 bits per heavy atom. The highest BCUT2D eigenvalue weighted by molar-refractivity contribution is 7.88. The number of sulfonamides is 1. The van der Waals surface area contributed by atoms with Gasteiger partial charge < -0.3 is 10.1 Å². The van der Waals surface area contributed by atoms with Crippen molar-refractivity contribution in [2.24, 2.45) is 5.14 Å². The molecule has 0 aliphatic carbocycles. The summed E-state index contributed by atoms with van der Waals surface area (Å²) in [6, 6.07) is 12.7. The van der Waals surface area contributed by atoms with Crippen LogP contribution in [0.2, 0.25) is 0 Å². The molecule has 2 rings (SSSR count). The molecule has 2 aromatic carbocycles. The van der Waals surface area contributed by atoms with E-state index in [2.05, 4.69) is 52.9 Å². The molecule has 6 nitrogen and oxygen atoms in total. The predicted molar refractivity (Wildman–Crippen MR) is 121 cm³/mol. The van der Waals surface area contributed by atoms with Crippen LogP contribution in [0.25, 0.3) is 0 Å². The van der Waals surface area contributed by atoms with Crippen LogP contribution in [0, 0.1) is 0 Å². The van der Waals surface area contributed by atoms with Gasteiger partial charge >= 0.3 is 0 Å². The summed E-state index contributed by atoms with van der Waals surface area (Å²) in [4.78, 5) is 12.4. The molecule has 0 atom stereocenters.